The van der Waals surface area contributed by atoms with Crippen molar-refractivity contribution in [3.05, 3.63) is 59.1 Å². The van der Waals surface area contributed by atoms with Crippen molar-refractivity contribution in [3.8, 4) is 0 Å². The van der Waals surface area contributed by atoms with Gasteiger partial charge in [0.15, 0.2) is 0 Å². The van der Waals surface area contributed by atoms with E-state index in [2.05, 4.69) is 41.9 Å². The monoisotopic (exact) mass is 425 g/mol. The summed E-state index contributed by atoms with van der Waals surface area (Å²) in [5, 5.41) is 11.5. The van der Waals surface area contributed by atoms with Crippen molar-refractivity contribution in [1.82, 2.24) is 5.32 Å². The van der Waals surface area contributed by atoms with Crippen LogP contribution < -0.4 is 16.0 Å². The van der Waals surface area contributed by atoms with Crippen molar-refractivity contribution in [3.63, 3.8) is 0 Å². The minimum atomic E-state index is -0.711. The van der Waals surface area contributed by atoms with Crippen molar-refractivity contribution in [2.45, 2.75) is 64.1 Å². The summed E-state index contributed by atoms with van der Waals surface area (Å²) in [6.07, 6.45) is 6.60. The number of carbonyl (C=O) groups is 1. The molecule has 0 spiro atoms. The van der Waals surface area contributed by atoms with Gasteiger partial charge >= 0.3 is 0 Å². The first-order valence-corrected chi connectivity index (χ1v) is 11.6. The molecule has 0 radical (unpaired) electrons. The topological polar surface area (TPSA) is 53.2 Å². The van der Waals surface area contributed by atoms with Gasteiger partial charge in [-0.15, -0.1) is 0 Å². The number of anilines is 2. The second-order valence-electron chi connectivity index (χ2n) is 9.14. The van der Waals surface area contributed by atoms with Gasteiger partial charge in [-0.25, -0.2) is 0 Å². The van der Waals surface area contributed by atoms with E-state index in [9.17, 15) is 4.79 Å². The number of hydrogen-bond acceptors (Lipinski definition) is 3. The number of rotatable bonds is 6. The van der Waals surface area contributed by atoms with E-state index in [4.69, 9.17) is 11.6 Å². The molecule has 2 aliphatic rings. The van der Waals surface area contributed by atoms with Crippen LogP contribution in [-0.2, 0) is 10.5 Å². The summed E-state index contributed by atoms with van der Waals surface area (Å²) < 4.78 is 0. The molecule has 1 amide bonds. The molecule has 1 atom stereocenters. The number of halogens is 1. The maximum atomic E-state index is 13.7. The largest absolute Gasteiger partial charge is 0.357 e. The normalized spacial score (nSPS) is 18.9. The van der Waals surface area contributed by atoms with Crippen LogP contribution in [0.3, 0.4) is 0 Å². The highest BCUT2D eigenvalue weighted by molar-refractivity contribution is 6.30. The molecule has 0 aromatic heterocycles. The van der Waals surface area contributed by atoms with E-state index >= 15 is 0 Å². The summed E-state index contributed by atoms with van der Waals surface area (Å²) in [7, 11) is 0. The van der Waals surface area contributed by atoms with E-state index in [0.717, 1.165) is 36.2 Å². The predicted molar refractivity (Wildman–Crippen MR) is 125 cm³/mol. The lowest BCUT2D eigenvalue weighted by atomic mass is 9.79. The van der Waals surface area contributed by atoms with Crippen LogP contribution >= 0.6 is 11.6 Å². The Kier molecular flexibility index (Phi) is 6.24. The van der Waals surface area contributed by atoms with Gasteiger partial charge in [-0.1, -0.05) is 69.0 Å². The average molecular weight is 426 g/mol. The summed E-state index contributed by atoms with van der Waals surface area (Å²) in [5.41, 5.74) is 2.35. The quantitative estimate of drug-likeness (QED) is 0.520. The summed E-state index contributed by atoms with van der Waals surface area (Å²) in [5.74, 6) is 0.231. The fourth-order valence-corrected chi connectivity index (χ4v) is 5.02. The Morgan fingerprint density at radius 1 is 1.03 bits per heavy atom. The molecule has 5 heteroatoms. The number of benzene rings is 2. The molecule has 2 aromatic carbocycles. The number of nitrogens with one attached hydrogen (secondary N) is 3. The van der Waals surface area contributed by atoms with Gasteiger partial charge in [-0.2, -0.15) is 0 Å². The highest BCUT2D eigenvalue weighted by atomic mass is 35.5. The molecule has 4 nitrogen and oxygen atoms in total. The molecule has 2 aromatic rings. The van der Waals surface area contributed by atoms with E-state index in [-0.39, 0.29) is 17.9 Å². The summed E-state index contributed by atoms with van der Waals surface area (Å²) >= 11 is 6.19. The average Bonchev–Trinajstić information content (AvgIpc) is 3.13. The van der Waals surface area contributed by atoms with Crippen LogP contribution in [0.5, 0.6) is 0 Å². The summed E-state index contributed by atoms with van der Waals surface area (Å²) in [6.45, 7) is 4.36. The molecule has 0 bridgehead atoms. The fraction of sp³-hybridized carbons (Fsp3) is 0.480. The van der Waals surface area contributed by atoms with Gasteiger partial charge in [-0.3, -0.25) is 4.79 Å². The number of carbonyl (C=O) groups excluding carboxylic acids is 1. The third-order valence-electron chi connectivity index (χ3n) is 6.39. The molecular formula is C25H32ClN3O. The highest BCUT2D eigenvalue weighted by Crippen LogP contribution is 2.46. The molecule has 3 N–H and O–H groups in total. The standard InChI is InChI=1S/C25H32ClN3O/c1-17(2)16-21(24(30)27-20-8-4-3-5-9-20)25(18-12-14-19(26)15-13-18)28-22-10-6-7-11-23(22)29-25/h6-7,10-15,17,20-21,28-29H,3-5,8-9,16H2,1-2H3,(H,27,30). The predicted octanol–water partition coefficient (Wildman–Crippen LogP) is 6.14. The van der Waals surface area contributed by atoms with Crippen LogP contribution in [0.15, 0.2) is 48.5 Å². The zero-order valence-corrected chi connectivity index (χ0v) is 18.6. The van der Waals surface area contributed by atoms with E-state index in [0.29, 0.717) is 10.9 Å². The first kappa shape index (κ1) is 21.0. The van der Waals surface area contributed by atoms with Gasteiger partial charge in [0, 0.05) is 11.1 Å². The molecule has 30 heavy (non-hydrogen) atoms. The Morgan fingerprint density at radius 3 is 2.20 bits per heavy atom. The molecule has 1 saturated carbocycles. The van der Waals surface area contributed by atoms with Crippen LogP contribution in [0, 0.1) is 11.8 Å². The van der Waals surface area contributed by atoms with E-state index < -0.39 is 5.66 Å². The molecule has 160 valence electrons. The number of fused-ring (bicyclic) bond motifs is 1. The number of amides is 1. The molecule has 1 fully saturated rings. The molecule has 1 heterocycles. The number of para-hydroxylation sites is 2. The Hall–Kier alpha value is -2.20. The molecule has 1 aliphatic carbocycles. The third-order valence-corrected chi connectivity index (χ3v) is 6.64. The molecule has 1 aliphatic heterocycles. The van der Waals surface area contributed by atoms with Gasteiger partial charge in [0.05, 0.1) is 17.3 Å². The van der Waals surface area contributed by atoms with Crippen molar-refractivity contribution in [2.24, 2.45) is 11.8 Å². The van der Waals surface area contributed by atoms with Crippen molar-refractivity contribution < 1.29 is 4.79 Å². The molecule has 0 saturated heterocycles. The lowest BCUT2D eigenvalue weighted by molar-refractivity contribution is -0.128. The Bertz CT molecular complexity index is 849. The van der Waals surface area contributed by atoms with Crippen LogP contribution in [0.4, 0.5) is 11.4 Å². The van der Waals surface area contributed by atoms with Crippen molar-refractivity contribution >= 4 is 28.9 Å². The summed E-state index contributed by atoms with van der Waals surface area (Å²) in [6, 6.07) is 16.3. The van der Waals surface area contributed by atoms with Crippen LogP contribution in [0.1, 0.15) is 57.9 Å². The van der Waals surface area contributed by atoms with Crippen molar-refractivity contribution in [2.75, 3.05) is 10.6 Å². The third kappa shape index (κ3) is 4.29. The zero-order chi connectivity index (χ0) is 21.1. The van der Waals surface area contributed by atoms with Gasteiger partial charge < -0.3 is 16.0 Å². The minimum absolute atomic E-state index is 0.123. The first-order chi connectivity index (χ1) is 14.5. The Balaban J connectivity index is 1.72. The van der Waals surface area contributed by atoms with Gasteiger partial charge in [0.1, 0.15) is 5.66 Å². The second kappa shape index (κ2) is 8.89. The fourth-order valence-electron chi connectivity index (χ4n) is 4.89. The SMILES string of the molecule is CC(C)CC(C(=O)NC1CCCCC1)C1(c2ccc(Cl)cc2)Nc2ccccc2N1. The maximum absolute atomic E-state index is 13.7. The van der Waals surface area contributed by atoms with E-state index in [1.54, 1.807) is 0 Å². The Labute approximate surface area is 184 Å². The van der Waals surface area contributed by atoms with E-state index in [1.807, 2.05) is 36.4 Å². The van der Waals surface area contributed by atoms with Crippen LogP contribution in [-0.4, -0.2) is 11.9 Å². The van der Waals surface area contributed by atoms with Gasteiger partial charge in [0.25, 0.3) is 0 Å². The Morgan fingerprint density at radius 2 is 1.63 bits per heavy atom. The van der Waals surface area contributed by atoms with Crippen LogP contribution in [0.25, 0.3) is 0 Å². The van der Waals surface area contributed by atoms with Crippen molar-refractivity contribution in [1.29, 1.82) is 0 Å². The second-order valence-corrected chi connectivity index (χ2v) is 9.57. The molecule has 4 rings (SSSR count). The zero-order valence-electron chi connectivity index (χ0n) is 17.9. The van der Waals surface area contributed by atoms with Crippen LogP contribution in [0.2, 0.25) is 5.02 Å². The van der Waals surface area contributed by atoms with E-state index in [1.165, 1.54) is 19.3 Å². The maximum Gasteiger partial charge on any atom is 0.228 e. The molecule has 1 unspecified atom stereocenters. The summed E-state index contributed by atoms with van der Waals surface area (Å²) in [4.78, 5) is 13.7. The first-order valence-electron chi connectivity index (χ1n) is 11.2. The number of hydrogen-bond donors (Lipinski definition) is 3. The lowest BCUT2D eigenvalue weighted by Gasteiger charge is -2.40. The lowest BCUT2D eigenvalue weighted by Crippen LogP contribution is -2.54. The van der Waals surface area contributed by atoms with Gasteiger partial charge in [-0.05, 0) is 55.0 Å². The highest BCUT2D eigenvalue weighted by Gasteiger charge is 2.48. The molecular weight excluding hydrogens is 394 g/mol. The van der Waals surface area contributed by atoms with Gasteiger partial charge in [0.2, 0.25) is 5.91 Å². The minimum Gasteiger partial charge on any atom is -0.357 e. The smallest absolute Gasteiger partial charge is 0.228 e.